The van der Waals surface area contributed by atoms with Crippen molar-refractivity contribution in [3.05, 3.63) is 11.1 Å². The number of methoxy groups -OCH3 is 1. The van der Waals surface area contributed by atoms with Gasteiger partial charge in [0.15, 0.2) is 0 Å². The zero-order chi connectivity index (χ0) is 8.27. The number of nitrogens with zero attached hydrogens (tertiary/aromatic N) is 1. The number of carbonyl (C=O) groups excluding carboxylic acids is 1. The highest BCUT2D eigenvalue weighted by molar-refractivity contribution is 8.00. The summed E-state index contributed by atoms with van der Waals surface area (Å²) in [5, 5.41) is 8.55. The maximum atomic E-state index is 10.9. The van der Waals surface area contributed by atoms with Gasteiger partial charge >= 0.3 is 5.97 Å². The molecule has 0 saturated heterocycles. The number of thioether (sulfide) groups is 1. The molecule has 0 bridgehead atoms. The number of esters is 1. The molecule has 0 aromatic carbocycles. The molecule has 0 saturated carbocycles. The topological polar surface area (TPSA) is 50.1 Å². The van der Waals surface area contributed by atoms with Gasteiger partial charge in [0.25, 0.3) is 0 Å². The van der Waals surface area contributed by atoms with E-state index in [0.717, 1.165) is 0 Å². The maximum absolute atomic E-state index is 10.9. The summed E-state index contributed by atoms with van der Waals surface area (Å²) in [5.74, 6) is 0.878. The van der Waals surface area contributed by atoms with Gasteiger partial charge in [-0.2, -0.15) is 17.0 Å². The normalized spacial score (nSPS) is 16.4. The van der Waals surface area contributed by atoms with Gasteiger partial charge in [-0.15, -0.1) is 0 Å². The molecule has 4 heteroatoms. The van der Waals surface area contributed by atoms with Gasteiger partial charge in [0, 0.05) is 11.5 Å². The van der Waals surface area contributed by atoms with Crippen LogP contribution in [0.2, 0.25) is 0 Å². The van der Waals surface area contributed by atoms with E-state index >= 15 is 0 Å². The summed E-state index contributed by atoms with van der Waals surface area (Å²) in [6.45, 7) is 0. The molecule has 0 unspecified atom stereocenters. The summed E-state index contributed by atoms with van der Waals surface area (Å²) in [5.41, 5.74) is 1.09. The van der Waals surface area contributed by atoms with Gasteiger partial charge < -0.3 is 4.74 Å². The molecule has 0 aliphatic carbocycles. The lowest BCUT2D eigenvalue weighted by Crippen LogP contribution is -2.06. The minimum absolute atomic E-state index is 0.369. The zero-order valence-electron chi connectivity index (χ0n) is 6.09. The van der Waals surface area contributed by atoms with Gasteiger partial charge in [0.2, 0.25) is 0 Å². The van der Waals surface area contributed by atoms with Crippen LogP contribution in [0.4, 0.5) is 0 Å². The average molecular weight is 169 g/mol. The minimum Gasteiger partial charge on any atom is -0.466 e. The third-order valence-corrected chi connectivity index (χ3v) is 2.41. The first-order valence-corrected chi connectivity index (χ1v) is 4.23. The van der Waals surface area contributed by atoms with Crippen LogP contribution in [0.25, 0.3) is 0 Å². The molecule has 1 rings (SSSR count). The molecule has 0 radical (unpaired) electrons. The molecule has 0 spiro atoms. The van der Waals surface area contributed by atoms with Crippen LogP contribution in [0, 0.1) is 11.3 Å². The molecule has 3 nitrogen and oxygen atoms in total. The van der Waals surface area contributed by atoms with Crippen molar-refractivity contribution in [2.75, 3.05) is 18.6 Å². The van der Waals surface area contributed by atoms with E-state index < -0.39 is 0 Å². The lowest BCUT2D eigenvalue weighted by molar-refractivity contribution is -0.136. The van der Waals surface area contributed by atoms with Gasteiger partial charge in [0.1, 0.15) is 0 Å². The second-order valence-electron chi connectivity index (χ2n) is 2.05. The van der Waals surface area contributed by atoms with Crippen molar-refractivity contribution in [3.63, 3.8) is 0 Å². The Morgan fingerprint density at radius 2 is 2.45 bits per heavy atom. The zero-order valence-corrected chi connectivity index (χ0v) is 6.90. The molecule has 1 aliphatic heterocycles. The Balaban J connectivity index is 2.85. The summed E-state index contributed by atoms with van der Waals surface area (Å²) in [6, 6.07) is 1.99. The van der Waals surface area contributed by atoms with Crippen molar-refractivity contribution in [2.45, 2.75) is 0 Å². The van der Waals surface area contributed by atoms with E-state index in [-0.39, 0.29) is 5.97 Å². The molecule has 0 fully saturated rings. The molecule has 0 amide bonds. The highest BCUT2D eigenvalue weighted by Crippen LogP contribution is 2.24. The van der Waals surface area contributed by atoms with Crippen LogP contribution in [0.1, 0.15) is 0 Å². The minimum atomic E-state index is -0.369. The summed E-state index contributed by atoms with van der Waals surface area (Å²) < 4.78 is 4.50. The Labute approximate surface area is 69.0 Å². The van der Waals surface area contributed by atoms with Gasteiger partial charge in [-0.3, -0.25) is 0 Å². The predicted octanol–water partition coefficient (Wildman–Crippen LogP) is 0.726. The Kier molecular flexibility index (Phi) is 2.55. The van der Waals surface area contributed by atoms with Crippen molar-refractivity contribution in [1.82, 2.24) is 0 Å². The van der Waals surface area contributed by atoms with Crippen LogP contribution < -0.4 is 0 Å². The fourth-order valence-electron chi connectivity index (χ4n) is 0.834. The quantitative estimate of drug-likeness (QED) is 0.543. The van der Waals surface area contributed by atoms with Crippen LogP contribution in [0.15, 0.2) is 11.1 Å². The van der Waals surface area contributed by atoms with Gasteiger partial charge in [-0.05, 0) is 0 Å². The van der Waals surface area contributed by atoms with E-state index in [2.05, 4.69) is 4.74 Å². The molecule has 0 atom stereocenters. The first kappa shape index (κ1) is 8.15. The number of ether oxygens (including phenoxy) is 1. The molecular formula is C7H7NO2S. The lowest BCUT2D eigenvalue weighted by atomic mass is 10.2. The number of carbonyl (C=O) groups is 1. The van der Waals surface area contributed by atoms with Crippen LogP contribution in [0.3, 0.4) is 0 Å². The first-order valence-electron chi connectivity index (χ1n) is 3.07. The highest BCUT2D eigenvalue weighted by Gasteiger charge is 2.21. The third kappa shape index (κ3) is 1.55. The lowest BCUT2D eigenvalue weighted by Gasteiger charge is -1.96. The molecular weight excluding hydrogens is 162 g/mol. The number of nitriles is 1. The Morgan fingerprint density at radius 3 is 3.00 bits per heavy atom. The molecule has 0 aromatic rings. The third-order valence-electron chi connectivity index (χ3n) is 1.42. The first-order chi connectivity index (χ1) is 5.29. The Hall–Kier alpha value is -0.950. The predicted molar refractivity (Wildman–Crippen MR) is 42.0 cm³/mol. The second kappa shape index (κ2) is 3.44. The van der Waals surface area contributed by atoms with Crippen LogP contribution in [0.5, 0.6) is 0 Å². The Morgan fingerprint density at radius 1 is 1.73 bits per heavy atom. The van der Waals surface area contributed by atoms with Crippen molar-refractivity contribution >= 4 is 17.7 Å². The van der Waals surface area contributed by atoms with E-state index in [0.29, 0.717) is 22.7 Å². The number of hydrogen-bond acceptors (Lipinski definition) is 4. The SMILES string of the molecule is COC(=O)C1=C(C#N)CSC1. The van der Waals surface area contributed by atoms with Gasteiger partial charge in [0.05, 0.1) is 24.3 Å². The van der Waals surface area contributed by atoms with Crippen molar-refractivity contribution in [1.29, 1.82) is 5.26 Å². The monoisotopic (exact) mass is 169 g/mol. The van der Waals surface area contributed by atoms with Crippen LogP contribution >= 0.6 is 11.8 Å². The summed E-state index contributed by atoms with van der Waals surface area (Å²) in [7, 11) is 1.33. The summed E-state index contributed by atoms with van der Waals surface area (Å²) in [4.78, 5) is 10.9. The van der Waals surface area contributed by atoms with E-state index in [1.165, 1.54) is 7.11 Å². The van der Waals surface area contributed by atoms with E-state index in [4.69, 9.17) is 5.26 Å². The van der Waals surface area contributed by atoms with Crippen LogP contribution in [-0.2, 0) is 9.53 Å². The molecule has 1 aliphatic rings. The van der Waals surface area contributed by atoms with E-state index in [9.17, 15) is 4.79 Å². The number of rotatable bonds is 1. The van der Waals surface area contributed by atoms with Crippen molar-refractivity contribution in [2.24, 2.45) is 0 Å². The largest absolute Gasteiger partial charge is 0.466 e. The molecule has 58 valence electrons. The smallest absolute Gasteiger partial charge is 0.335 e. The summed E-state index contributed by atoms with van der Waals surface area (Å²) >= 11 is 1.56. The van der Waals surface area contributed by atoms with Gasteiger partial charge in [-0.1, -0.05) is 0 Å². The summed E-state index contributed by atoms with van der Waals surface area (Å²) in [6.07, 6.45) is 0. The highest BCUT2D eigenvalue weighted by atomic mass is 32.2. The molecule has 11 heavy (non-hydrogen) atoms. The fraction of sp³-hybridized carbons (Fsp3) is 0.429. The molecule has 1 heterocycles. The molecule has 0 N–H and O–H groups in total. The Bertz CT molecular complexity index is 252. The fourth-order valence-corrected chi connectivity index (χ4v) is 1.88. The van der Waals surface area contributed by atoms with Crippen molar-refractivity contribution < 1.29 is 9.53 Å². The number of hydrogen-bond donors (Lipinski definition) is 0. The van der Waals surface area contributed by atoms with Crippen molar-refractivity contribution in [3.8, 4) is 6.07 Å². The standard InChI is InChI=1S/C7H7NO2S/c1-10-7(9)6-4-11-3-5(6)2-8/h3-4H2,1H3. The van der Waals surface area contributed by atoms with Crippen LogP contribution in [-0.4, -0.2) is 24.6 Å². The average Bonchev–Trinajstić information content (AvgIpc) is 2.50. The van der Waals surface area contributed by atoms with E-state index in [1.807, 2.05) is 6.07 Å². The maximum Gasteiger partial charge on any atom is 0.335 e. The van der Waals surface area contributed by atoms with E-state index in [1.54, 1.807) is 11.8 Å². The second-order valence-corrected chi connectivity index (χ2v) is 3.04. The molecule has 0 aromatic heterocycles. The van der Waals surface area contributed by atoms with Gasteiger partial charge in [-0.25, -0.2) is 4.79 Å².